The molecule has 2 N–H and O–H groups in total. The number of halogens is 1. The summed E-state index contributed by atoms with van der Waals surface area (Å²) in [5, 5.41) is 3.28. The van der Waals surface area contributed by atoms with E-state index in [2.05, 4.69) is 26.0 Å². The maximum atomic E-state index is 12.2. The molecule has 0 amide bonds. The molecule has 0 saturated carbocycles. The van der Waals surface area contributed by atoms with Gasteiger partial charge >= 0.3 is 0 Å². The van der Waals surface area contributed by atoms with Gasteiger partial charge in [0.1, 0.15) is 0 Å². The lowest BCUT2D eigenvalue weighted by Gasteiger charge is -2.11. The van der Waals surface area contributed by atoms with Crippen molar-refractivity contribution in [1.82, 2.24) is 10.0 Å². The number of aryl methyl sites for hydroxylation is 1. The molecule has 1 aromatic carbocycles. The lowest BCUT2D eigenvalue weighted by Crippen LogP contribution is -2.27. The topological polar surface area (TPSA) is 58.2 Å². The normalized spacial score (nSPS) is 19.8. The van der Waals surface area contributed by atoms with Gasteiger partial charge < -0.3 is 5.32 Å². The molecule has 0 aliphatic carbocycles. The van der Waals surface area contributed by atoms with Crippen LogP contribution in [0.2, 0.25) is 0 Å². The third kappa shape index (κ3) is 4.02. The SMILES string of the molecule is Cc1ccc(S(=O)(=O)NCCC2CCNC2)c(Br)c1. The maximum Gasteiger partial charge on any atom is 0.241 e. The van der Waals surface area contributed by atoms with E-state index >= 15 is 0 Å². The van der Waals surface area contributed by atoms with Crippen molar-refractivity contribution in [2.45, 2.75) is 24.7 Å². The third-order valence-corrected chi connectivity index (χ3v) is 5.82. The summed E-state index contributed by atoms with van der Waals surface area (Å²) in [7, 11) is -3.42. The highest BCUT2D eigenvalue weighted by Gasteiger charge is 2.19. The first-order valence-electron chi connectivity index (χ1n) is 6.45. The van der Waals surface area contributed by atoms with E-state index in [-0.39, 0.29) is 0 Å². The van der Waals surface area contributed by atoms with Crippen molar-refractivity contribution in [3.63, 3.8) is 0 Å². The monoisotopic (exact) mass is 346 g/mol. The molecule has 0 spiro atoms. The van der Waals surface area contributed by atoms with Crippen molar-refractivity contribution >= 4 is 26.0 Å². The summed E-state index contributed by atoms with van der Waals surface area (Å²) in [4.78, 5) is 0.308. The Labute approximate surface area is 123 Å². The fraction of sp³-hybridized carbons (Fsp3) is 0.538. The molecule has 2 rings (SSSR count). The summed E-state index contributed by atoms with van der Waals surface area (Å²) in [6, 6.07) is 5.26. The fourth-order valence-electron chi connectivity index (χ4n) is 2.26. The summed E-state index contributed by atoms with van der Waals surface area (Å²) in [5.74, 6) is 0.587. The van der Waals surface area contributed by atoms with Crippen molar-refractivity contribution in [2.75, 3.05) is 19.6 Å². The summed E-state index contributed by atoms with van der Waals surface area (Å²) in [5.41, 5.74) is 1.03. The molecule has 1 heterocycles. The van der Waals surface area contributed by atoms with E-state index in [1.165, 1.54) is 0 Å². The van der Waals surface area contributed by atoms with E-state index in [1.54, 1.807) is 12.1 Å². The van der Waals surface area contributed by atoms with E-state index in [9.17, 15) is 8.42 Å². The first-order valence-corrected chi connectivity index (χ1v) is 8.73. The van der Waals surface area contributed by atoms with Crippen LogP contribution >= 0.6 is 15.9 Å². The van der Waals surface area contributed by atoms with Crippen LogP contribution in [0.4, 0.5) is 0 Å². The van der Waals surface area contributed by atoms with Crippen molar-refractivity contribution in [2.24, 2.45) is 5.92 Å². The van der Waals surface area contributed by atoms with Crippen LogP contribution in [0.15, 0.2) is 27.6 Å². The first kappa shape index (κ1) is 15.0. The molecule has 19 heavy (non-hydrogen) atoms. The fourth-order valence-corrected chi connectivity index (χ4v) is 4.50. The van der Waals surface area contributed by atoms with E-state index in [4.69, 9.17) is 0 Å². The molecule has 1 aromatic rings. The Balaban J connectivity index is 1.97. The minimum absolute atomic E-state index is 0.308. The van der Waals surface area contributed by atoms with Crippen LogP contribution in [0.3, 0.4) is 0 Å². The van der Waals surface area contributed by atoms with Gasteiger partial charge in [-0.15, -0.1) is 0 Å². The molecule has 1 aliphatic rings. The second kappa shape index (κ2) is 6.35. The number of nitrogens with one attached hydrogen (secondary N) is 2. The van der Waals surface area contributed by atoms with E-state index in [0.29, 0.717) is 21.8 Å². The van der Waals surface area contributed by atoms with Gasteiger partial charge in [-0.1, -0.05) is 6.07 Å². The van der Waals surface area contributed by atoms with Crippen LogP contribution in [-0.2, 0) is 10.0 Å². The molecular weight excluding hydrogens is 328 g/mol. The first-order chi connectivity index (χ1) is 8.99. The van der Waals surface area contributed by atoms with Crippen LogP contribution < -0.4 is 10.0 Å². The molecule has 1 aliphatic heterocycles. The van der Waals surface area contributed by atoms with Gasteiger partial charge in [0.2, 0.25) is 10.0 Å². The lowest BCUT2D eigenvalue weighted by atomic mass is 10.1. The highest BCUT2D eigenvalue weighted by molar-refractivity contribution is 9.10. The Morgan fingerprint density at radius 1 is 1.47 bits per heavy atom. The molecule has 0 bridgehead atoms. The highest BCUT2D eigenvalue weighted by Crippen LogP contribution is 2.23. The van der Waals surface area contributed by atoms with E-state index in [1.807, 2.05) is 13.0 Å². The van der Waals surface area contributed by atoms with Crippen molar-refractivity contribution in [1.29, 1.82) is 0 Å². The van der Waals surface area contributed by atoms with Gasteiger partial charge in [-0.05, 0) is 72.4 Å². The van der Waals surface area contributed by atoms with Crippen LogP contribution in [0.1, 0.15) is 18.4 Å². The van der Waals surface area contributed by atoms with Crippen molar-refractivity contribution < 1.29 is 8.42 Å². The zero-order valence-electron chi connectivity index (χ0n) is 10.9. The Kier molecular flexibility index (Phi) is 5.00. The quantitative estimate of drug-likeness (QED) is 0.857. The zero-order valence-corrected chi connectivity index (χ0v) is 13.4. The van der Waals surface area contributed by atoms with Crippen molar-refractivity contribution in [3.05, 3.63) is 28.2 Å². The molecule has 4 nitrogen and oxygen atoms in total. The number of hydrogen-bond acceptors (Lipinski definition) is 3. The van der Waals surface area contributed by atoms with Crippen molar-refractivity contribution in [3.8, 4) is 0 Å². The maximum absolute atomic E-state index is 12.2. The summed E-state index contributed by atoms with van der Waals surface area (Å²) >= 11 is 3.31. The largest absolute Gasteiger partial charge is 0.316 e. The molecule has 1 saturated heterocycles. The molecule has 106 valence electrons. The lowest BCUT2D eigenvalue weighted by molar-refractivity contribution is 0.519. The Morgan fingerprint density at radius 2 is 2.26 bits per heavy atom. The number of rotatable bonds is 5. The van der Waals surface area contributed by atoms with E-state index in [0.717, 1.165) is 31.5 Å². The second-order valence-electron chi connectivity index (χ2n) is 4.98. The number of sulfonamides is 1. The third-order valence-electron chi connectivity index (χ3n) is 3.38. The van der Waals surface area contributed by atoms with E-state index < -0.39 is 10.0 Å². The smallest absolute Gasteiger partial charge is 0.241 e. The second-order valence-corrected chi connectivity index (χ2v) is 7.57. The molecule has 1 unspecified atom stereocenters. The van der Waals surface area contributed by atoms with Crippen LogP contribution in [0.25, 0.3) is 0 Å². The molecule has 0 radical (unpaired) electrons. The van der Waals surface area contributed by atoms with Gasteiger partial charge in [-0.25, -0.2) is 13.1 Å². The predicted molar refractivity (Wildman–Crippen MR) is 79.7 cm³/mol. The van der Waals surface area contributed by atoms with Gasteiger partial charge in [0.15, 0.2) is 0 Å². The standard InChI is InChI=1S/C13H19BrN2O2S/c1-10-2-3-13(12(14)8-10)19(17,18)16-7-5-11-4-6-15-9-11/h2-3,8,11,15-16H,4-7,9H2,1H3. The number of benzene rings is 1. The Hall–Kier alpha value is -0.430. The summed E-state index contributed by atoms with van der Waals surface area (Å²) in [6.45, 7) is 4.47. The molecule has 0 aromatic heterocycles. The van der Waals surface area contributed by atoms with Crippen LogP contribution in [-0.4, -0.2) is 28.1 Å². The van der Waals surface area contributed by atoms with Gasteiger partial charge in [-0.3, -0.25) is 0 Å². The van der Waals surface area contributed by atoms with Gasteiger partial charge in [-0.2, -0.15) is 0 Å². The predicted octanol–water partition coefficient (Wildman–Crippen LogP) is 2.04. The van der Waals surface area contributed by atoms with Gasteiger partial charge in [0, 0.05) is 11.0 Å². The van der Waals surface area contributed by atoms with Gasteiger partial charge in [0.25, 0.3) is 0 Å². The van der Waals surface area contributed by atoms with Crippen LogP contribution in [0, 0.1) is 12.8 Å². The van der Waals surface area contributed by atoms with Gasteiger partial charge in [0.05, 0.1) is 4.90 Å². The Bertz CT molecular complexity index is 540. The molecular formula is C13H19BrN2O2S. The Morgan fingerprint density at radius 3 is 2.89 bits per heavy atom. The number of hydrogen-bond donors (Lipinski definition) is 2. The molecule has 6 heteroatoms. The minimum atomic E-state index is -3.42. The molecule has 1 fully saturated rings. The average molecular weight is 347 g/mol. The average Bonchev–Trinajstić information content (AvgIpc) is 2.81. The highest BCUT2D eigenvalue weighted by atomic mass is 79.9. The summed E-state index contributed by atoms with van der Waals surface area (Å²) < 4.78 is 27.7. The van der Waals surface area contributed by atoms with Crippen LogP contribution in [0.5, 0.6) is 0 Å². The summed E-state index contributed by atoms with van der Waals surface area (Å²) in [6.07, 6.45) is 2.02. The zero-order chi connectivity index (χ0) is 13.9. The molecule has 1 atom stereocenters. The minimum Gasteiger partial charge on any atom is -0.316 e.